The van der Waals surface area contributed by atoms with Crippen LogP contribution in [0.5, 0.6) is 0 Å². The van der Waals surface area contributed by atoms with Gasteiger partial charge in [0, 0.05) is 13.6 Å². The van der Waals surface area contributed by atoms with Crippen LogP contribution in [0.4, 0.5) is 5.95 Å². The first-order valence-electron chi connectivity index (χ1n) is 3.51. The number of anilines is 1. The molecule has 0 spiro atoms. The summed E-state index contributed by atoms with van der Waals surface area (Å²) in [5.74, 6) is 1.06. The summed E-state index contributed by atoms with van der Waals surface area (Å²) >= 11 is 0. The van der Waals surface area contributed by atoms with Crippen molar-refractivity contribution in [2.75, 3.05) is 18.5 Å². The predicted molar refractivity (Wildman–Crippen MR) is 41.1 cm³/mol. The van der Waals surface area contributed by atoms with Gasteiger partial charge in [-0.1, -0.05) is 0 Å². The molecule has 1 heterocycles. The molecule has 0 saturated carbocycles. The minimum atomic E-state index is 0.296. The highest BCUT2D eigenvalue weighted by Crippen LogP contribution is 2.05. The molecule has 0 saturated heterocycles. The Labute approximate surface area is 65.2 Å². The van der Waals surface area contributed by atoms with E-state index in [-0.39, 0.29) is 0 Å². The Balaban J connectivity index is 2.71. The van der Waals surface area contributed by atoms with Crippen LogP contribution in [0.3, 0.4) is 0 Å². The summed E-state index contributed by atoms with van der Waals surface area (Å²) in [6, 6.07) is 0. The van der Waals surface area contributed by atoms with Gasteiger partial charge in [0.25, 0.3) is 5.95 Å². The minimum Gasteiger partial charge on any atom is -0.342 e. The van der Waals surface area contributed by atoms with Gasteiger partial charge in [-0.3, -0.25) is 0 Å². The fraction of sp³-hybridized carbons (Fsp3) is 0.667. The van der Waals surface area contributed by atoms with E-state index >= 15 is 0 Å². The molecule has 1 aromatic heterocycles. The summed E-state index contributed by atoms with van der Waals surface area (Å²) in [6.45, 7) is 3.16. The van der Waals surface area contributed by atoms with Crippen LogP contribution < -0.4 is 10.6 Å². The molecule has 0 aliphatic carbocycles. The smallest absolute Gasteiger partial charge is 0.265 e. The van der Waals surface area contributed by atoms with E-state index in [1.54, 1.807) is 0 Å². The Bertz CT molecular complexity index is 222. The minimum absolute atomic E-state index is 0.296. The van der Waals surface area contributed by atoms with Crippen molar-refractivity contribution in [3.63, 3.8) is 0 Å². The molecule has 0 atom stereocenters. The average molecular weight is 156 g/mol. The van der Waals surface area contributed by atoms with E-state index < -0.39 is 0 Å². The third-order valence-corrected chi connectivity index (χ3v) is 1.45. The van der Waals surface area contributed by atoms with Gasteiger partial charge in [0.05, 0.1) is 6.54 Å². The van der Waals surface area contributed by atoms with Crippen LogP contribution in [0.1, 0.15) is 12.8 Å². The van der Waals surface area contributed by atoms with Gasteiger partial charge in [0.15, 0.2) is 0 Å². The molecule has 0 unspecified atom stereocenters. The number of nitrogens with zero attached hydrogens (tertiary/aromatic N) is 3. The van der Waals surface area contributed by atoms with E-state index in [0.29, 0.717) is 18.4 Å². The van der Waals surface area contributed by atoms with E-state index in [1.807, 2.05) is 18.9 Å². The maximum Gasteiger partial charge on any atom is 0.265 e. The fourth-order valence-electron chi connectivity index (χ4n) is 0.625. The fourth-order valence-corrected chi connectivity index (χ4v) is 0.625. The lowest BCUT2D eigenvalue weighted by molar-refractivity contribution is 0.379. The maximum atomic E-state index is 5.29. The van der Waals surface area contributed by atoms with Gasteiger partial charge in [-0.25, -0.2) is 0 Å². The Hall–Kier alpha value is -1.10. The second-order valence-electron chi connectivity index (χ2n) is 2.21. The molecule has 5 nitrogen and oxygen atoms in total. The molecule has 11 heavy (non-hydrogen) atoms. The second-order valence-corrected chi connectivity index (χ2v) is 2.21. The Morgan fingerprint density at radius 2 is 2.36 bits per heavy atom. The zero-order valence-corrected chi connectivity index (χ0v) is 6.74. The topological polar surface area (TPSA) is 68.2 Å². The molecule has 1 rings (SSSR count). The molecule has 0 fully saturated rings. The lowest BCUT2D eigenvalue weighted by Gasteiger charge is -2.08. The van der Waals surface area contributed by atoms with E-state index in [1.165, 1.54) is 0 Å². The molecule has 2 N–H and O–H groups in total. The number of nitrogens with two attached hydrogens (primary N) is 1. The van der Waals surface area contributed by atoms with Crippen LogP contribution >= 0.6 is 0 Å². The maximum absolute atomic E-state index is 5.29. The highest BCUT2D eigenvalue weighted by molar-refractivity contribution is 5.24. The molecule has 5 heteroatoms. The lowest BCUT2D eigenvalue weighted by atomic mass is 10.6. The van der Waals surface area contributed by atoms with E-state index in [2.05, 4.69) is 10.1 Å². The van der Waals surface area contributed by atoms with E-state index in [4.69, 9.17) is 10.3 Å². The zero-order chi connectivity index (χ0) is 8.27. The van der Waals surface area contributed by atoms with E-state index in [9.17, 15) is 0 Å². The first kappa shape index (κ1) is 8.00. The highest BCUT2D eigenvalue weighted by atomic mass is 16.5. The van der Waals surface area contributed by atoms with Crippen molar-refractivity contribution < 1.29 is 4.52 Å². The molecule has 1 aromatic rings. The van der Waals surface area contributed by atoms with Crippen molar-refractivity contribution in [2.45, 2.75) is 13.5 Å². The SMILES string of the molecule is CCN(C)c1noc(CN)n1. The van der Waals surface area contributed by atoms with Gasteiger partial charge in [-0.05, 0) is 12.1 Å². The molecular weight excluding hydrogens is 144 g/mol. The van der Waals surface area contributed by atoms with Gasteiger partial charge in [-0.15, -0.1) is 0 Å². The summed E-state index contributed by atoms with van der Waals surface area (Å²) in [5, 5.41) is 3.72. The summed E-state index contributed by atoms with van der Waals surface area (Å²) < 4.78 is 4.81. The van der Waals surface area contributed by atoms with Gasteiger partial charge < -0.3 is 15.2 Å². The molecule has 0 radical (unpaired) electrons. The van der Waals surface area contributed by atoms with Crippen LogP contribution in [-0.4, -0.2) is 23.7 Å². The highest BCUT2D eigenvalue weighted by Gasteiger charge is 2.06. The van der Waals surface area contributed by atoms with Gasteiger partial charge in [0.2, 0.25) is 5.89 Å². The Morgan fingerprint density at radius 1 is 1.64 bits per heavy atom. The number of hydrogen-bond acceptors (Lipinski definition) is 5. The van der Waals surface area contributed by atoms with Crippen molar-refractivity contribution in [1.29, 1.82) is 0 Å². The van der Waals surface area contributed by atoms with Crippen LogP contribution in [0.15, 0.2) is 4.52 Å². The molecule has 0 aliphatic rings. The summed E-state index contributed by atoms with van der Waals surface area (Å²) in [5.41, 5.74) is 5.29. The molecular formula is C6H12N4O. The predicted octanol–water partition coefficient (Wildman–Crippen LogP) is -0.0156. The third kappa shape index (κ3) is 1.68. The monoisotopic (exact) mass is 156 g/mol. The lowest BCUT2D eigenvalue weighted by Crippen LogP contribution is -2.17. The first-order chi connectivity index (χ1) is 5.27. The quantitative estimate of drug-likeness (QED) is 0.666. The van der Waals surface area contributed by atoms with Gasteiger partial charge in [0.1, 0.15) is 0 Å². The largest absolute Gasteiger partial charge is 0.342 e. The number of aromatic nitrogens is 2. The standard InChI is InChI=1S/C6H12N4O/c1-3-10(2)6-8-5(4-7)11-9-6/h3-4,7H2,1-2H3. The summed E-state index contributed by atoms with van der Waals surface area (Å²) in [4.78, 5) is 5.90. The van der Waals surface area contributed by atoms with Crippen LogP contribution in [0.25, 0.3) is 0 Å². The van der Waals surface area contributed by atoms with E-state index in [0.717, 1.165) is 6.54 Å². The van der Waals surface area contributed by atoms with Crippen LogP contribution in [0, 0.1) is 0 Å². The molecule has 0 amide bonds. The van der Waals surface area contributed by atoms with Crippen molar-refractivity contribution in [1.82, 2.24) is 10.1 Å². The van der Waals surface area contributed by atoms with Crippen molar-refractivity contribution in [3.05, 3.63) is 5.89 Å². The normalized spacial score (nSPS) is 10.1. The molecule has 62 valence electrons. The number of rotatable bonds is 3. The zero-order valence-electron chi connectivity index (χ0n) is 6.74. The second kappa shape index (κ2) is 3.34. The van der Waals surface area contributed by atoms with Crippen LogP contribution in [-0.2, 0) is 6.54 Å². The van der Waals surface area contributed by atoms with Crippen LogP contribution in [0.2, 0.25) is 0 Å². The molecule has 0 aromatic carbocycles. The molecule has 0 bridgehead atoms. The molecule has 0 aliphatic heterocycles. The van der Waals surface area contributed by atoms with Crippen molar-refractivity contribution in [3.8, 4) is 0 Å². The first-order valence-corrected chi connectivity index (χ1v) is 3.51. The summed E-state index contributed by atoms with van der Waals surface area (Å²) in [7, 11) is 1.89. The van der Waals surface area contributed by atoms with Gasteiger partial charge in [-0.2, -0.15) is 4.98 Å². The Morgan fingerprint density at radius 3 is 2.82 bits per heavy atom. The van der Waals surface area contributed by atoms with Crippen molar-refractivity contribution in [2.24, 2.45) is 5.73 Å². The number of hydrogen-bond donors (Lipinski definition) is 1. The summed E-state index contributed by atoms with van der Waals surface area (Å²) in [6.07, 6.45) is 0. The third-order valence-electron chi connectivity index (χ3n) is 1.45. The van der Waals surface area contributed by atoms with Crippen molar-refractivity contribution >= 4 is 5.95 Å². The average Bonchev–Trinajstić information content (AvgIpc) is 2.50. The Kier molecular flexibility index (Phi) is 2.43. The van der Waals surface area contributed by atoms with Gasteiger partial charge >= 0.3 is 0 Å².